The van der Waals surface area contributed by atoms with E-state index in [1.165, 1.54) is 12.6 Å². The number of rotatable bonds is 6. The molecule has 0 aliphatic heterocycles. The third kappa shape index (κ3) is 5.61. The van der Waals surface area contributed by atoms with Crippen molar-refractivity contribution >= 4 is 24.5 Å². The minimum absolute atomic E-state index is 1.13. The summed E-state index contributed by atoms with van der Waals surface area (Å²) in [7, 11) is -3.43. The van der Waals surface area contributed by atoms with E-state index >= 15 is 0 Å². The molecule has 0 N–H and O–H groups in total. The Bertz CT molecular complexity index is 222. The second-order valence-corrected chi connectivity index (χ2v) is 22.5. The molecule has 0 atom stereocenters. The fraction of sp³-hybridized carbons (Fsp3) is 0.833. The zero-order valence-electron chi connectivity index (χ0n) is 12.6. The second-order valence-electron chi connectivity index (χ2n) is 7.44. The highest BCUT2D eigenvalue weighted by Gasteiger charge is 2.34. The molecule has 0 fully saturated rings. The van der Waals surface area contributed by atoms with Gasteiger partial charge in [-0.25, -0.2) is 0 Å². The van der Waals surface area contributed by atoms with Crippen LogP contribution in [-0.4, -0.2) is 35.3 Å². The van der Waals surface area contributed by atoms with Gasteiger partial charge in [0.25, 0.3) is 0 Å². The van der Waals surface area contributed by atoms with E-state index in [9.17, 15) is 0 Å². The van der Waals surface area contributed by atoms with Gasteiger partial charge in [-0.1, -0.05) is 52.4 Å². The van der Waals surface area contributed by atoms with Gasteiger partial charge in [0.15, 0.2) is 0 Å². The molecule has 0 saturated carbocycles. The van der Waals surface area contributed by atoms with Crippen LogP contribution in [0.15, 0.2) is 12.3 Å². The molecule has 0 aromatic heterocycles. The molecule has 0 amide bonds. The normalized spacial score (nSPS) is 14.3. The highest BCUT2D eigenvalue weighted by atomic mass is 28.4. The fourth-order valence-electron chi connectivity index (χ4n) is 2.18. The molecule has 0 aromatic rings. The summed E-state index contributed by atoms with van der Waals surface area (Å²) in [5.74, 6) is 0. The van der Waals surface area contributed by atoms with Gasteiger partial charge in [-0.2, -0.15) is 0 Å². The summed E-state index contributed by atoms with van der Waals surface area (Å²) in [5.41, 5.74) is 2.24. The molecule has 0 aromatic carbocycles. The van der Waals surface area contributed by atoms with Gasteiger partial charge in [0.1, 0.15) is 16.5 Å². The van der Waals surface area contributed by atoms with Crippen molar-refractivity contribution in [3.63, 3.8) is 0 Å². The van der Waals surface area contributed by atoms with Crippen molar-refractivity contribution in [1.82, 2.24) is 4.23 Å². The van der Waals surface area contributed by atoms with Crippen LogP contribution in [0.5, 0.6) is 0 Å². The van der Waals surface area contributed by atoms with Crippen molar-refractivity contribution < 1.29 is 0 Å². The predicted molar refractivity (Wildman–Crippen MR) is 85.9 cm³/mol. The summed E-state index contributed by atoms with van der Waals surface area (Å²) in [4.78, 5) is 0. The summed E-state index contributed by atoms with van der Waals surface area (Å²) >= 11 is 0. The summed E-state index contributed by atoms with van der Waals surface area (Å²) < 4.78 is 2.89. The van der Waals surface area contributed by atoms with Gasteiger partial charge in [-0.05, 0) is 12.6 Å². The van der Waals surface area contributed by atoms with Crippen LogP contribution >= 0.6 is 0 Å². The molecule has 0 spiro atoms. The largest absolute Gasteiger partial charge is 0.346 e. The van der Waals surface area contributed by atoms with Crippen molar-refractivity contribution in [2.24, 2.45) is 0 Å². The third-order valence-electron chi connectivity index (χ3n) is 3.15. The first-order valence-electron chi connectivity index (χ1n) is 6.31. The van der Waals surface area contributed by atoms with E-state index in [0.29, 0.717) is 0 Å². The Kier molecular flexibility index (Phi) is 5.45. The molecule has 0 bridgehead atoms. The molecular weight excluding hydrogens is 242 g/mol. The Labute approximate surface area is 106 Å². The average molecular weight is 274 g/mol. The lowest BCUT2D eigenvalue weighted by Crippen LogP contribution is -2.59. The van der Waals surface area contributed by atoms with Crippen LogP contribution in [-0.2, 0) is 0 Å². The molecule has 1 nitrogen and oxygen atoms in total. The van der Waals surface area contributed by atoms with Crippen LogP contribution in [0.3, 0.4) is 0 Å². The molecule has 0 rings (SSSR count). The molecule has 4 heteroatoms. The van der Waals surface area contributed by atoms with E-state index in [0.717, 1.165) is 0 Å². The van der Waals surface area contributed by atoms with Crippen LogP contribution in [0, 0.1) is 0 Å². The van der Waals surface area contributed by atoms with E-state index in [1.807, 2.05) is 0 Å². The highest BCUT2D eigenvalue weighted by molar-refractivity contribution is 6.89. The SMILES string of the molecule is C=C[Si](C)(C)CCN([Si](C)(C)C)[Si](C)(C)C. The molecule has 96 valence electrons. The van der Waals surface area contributed by atoms with Gasteiger partial charge in [0.2, 0.25) is 0 Å². The fourth-order valence-corrected chi connectivity index (χ4v) is 13.2. The monoisotopic (exact) mass is 273 g/mol. The maximum atomic E-state index is 4.00. The lowest BCUT2D eigenvalue weighted by atomic mass is 10.8. The van der Waals surface area contributed by atoms with Crippen LogP contribution in [0.25, 0.3) is 0 Å². The molecule has 0 aliphatic rings. The van der Waals surface area contributed by atoms with Crippen molar-refractivity contribution in [2.75, 3.05) is 6.54 Å². The number of hydrogen-bond acceptors (Lipinski definition) is 1. The Morgan fingerprint density at radius 1 is 0.875 bits per heavy atom. The Balaban J connectivity index is 4.67. The van der Waals surface area contributed by atoms with Crippen LogP contribution in [0.2, 0.25) is 58.4 Å². The number of nitrogens with zero attached hydrogens (tertiary/aromatic N) is 1. The first-order chi connectivity index (χ1) is 6.90. The van der Waals surface area contributed by atoms with Crippen molar-refractivity contribution in [3.05, 3.63) is 12.3 Å². The van der Waals surface area contributed by atoms with Crippen molar-refractivity contribution in [1.29, 1.82) is 0 Å². The summed E-state index contributed by atoms with van der Waals surface area (Å²) in [6, 6.07) is 1.37. The maximum Gasteiger partial charge on any atom is 0.112 e. The lowest BCUT2D eigenvalue weighted by Gasteiger charge is -2.44. The van der Waals surface area contributed by atoms with E-state index in [-0.39, 0.29) is 0 Å². The zero-order valence-corrected chi connectivity index (χ0v) is 15.6. The van der Waals surface area contributed by atoms with Crippen LogP contribution < -0.4 is 0 Å². The Morgan fingerprint density at radius 3 is 1.50 bits per heavy atom. The summed E-state index contributed by atoms with van der Waals surface area (Å²) in [6.07, 6.45) is 0. The smallest absolute Gasteiger partial charge is 0.112 e. The Hall–Kier alpha value is 0.351. The first kappa shape index (κ1) is 16.4. The zero-order chi connectivity index (χ0) is 13.2. The Morgan fingerprint density at radius 2 is 1.25 bits per heavy atom. The molecule has 0 aliphatic carbocycles. The summed E-state index contributed by atoms with van der Waals surface area (Å²) in [6.45, 7) is 25.0. The second kappa shape index (κ2) is 5.33. The van der Waals surface area contributed by atoms with Crippen LogP contribution in [0.1, 0.15) is 0 Å². The molecule has 0 unspecified atom stereocenters. The van der Waals surface area contributed by atoms with Gasteiger partial charge < -0.3 is 4.23 Å². The van der Waals surface area contributed by atoms with Gasteiger partial charge in [0.05, 0.1) is 8.07 Å². The lowest BCUT2D eigenvalue weighted by molar-refractivity contribution is 0.646. The van der Waals surface area contributed by atoms with E-state index in [1.54, 1.807) is 0 Å². The molecule has 0 radical (unpaired) electrons. The molecule has 0 heterocycles. The predicted octanol–water partition coefficient (Wildman–Crippen LogP) is 4.39. The van der Waals surface area contributed by atoms with Crippen molar-refractivity contribution in [3.8, 4) is 0 Å². The molecule has 0 saturated heterocycles. The van der Waals surface area contributed by atoms with E-state index in [2.05, 4.69) is 68.9 Å². The van der Waals surface area contributed by atoms with Crippen molar-refractivity contribution in [2.45, 2.75) is 58.4 Å². The van der Waals surface area contributed by atoms with Gasteiger partial charge in [0, 0.05) is 0 Å². The summed E-state index contributed by atoms with van der Waals surface area (Å²) in [5, 5.41) is 0. The third-order valence-corrected chi connectivity index (χ3v) is 13.5. The maximum absolute atomic E-state index is 4.00. The van der Waals surface area contributed by atoms with Crippen LogP contribution in [0.4, 0.5) is 0 Å². The van der Waals surface area contributed by atoms with Gasteiger partial charge in [-0.3, -0.25) is 0 Å². The number of hydrogen-bond donors (Lipinski definition) is 0. The topological polar surface area (TPSA) is 3.24 Å². The standard InChI is InChI=1S/C12H31NSi3/c1-10-16(8,9)12-11-13(14(2,3)4)15(5,6)7/h10H,1,11-12H2,2-9H3. The van der Waals surface area contributed by atoms with Gasteiger partial charge >= 0.3 is 0 Å². The van der Waals surface area contributed by atoms with E-state index in [4.69, 9.17) is 0 Å². The minimum atomic E-state index is -1.15. The molecular formula is C12H31NSi3. The average Bonchev–Trinajstić information content (AvgIpc) is 1.99. The van der Waals surface area contributed by atoms with E-state index < -0.39 is 24.5 Å². The first-order valence-corrected chi connectivity index (χ1v) is 16.5. The quantitative estimate of drug-likeness (QED) is 0.649. The van der Waals surface area contributed by atoms with Gasteiger partial charge in [-0.15, -0.1) is 12.3 Å². The highest BCUT2D eigenvalue weighted by Crippen LogP contribution is 2.22. The molecule has 16 heavy (non-hydrogen) atoms. The minimum Gasteiger partial charge on any atom is -0.346 e.